The quantitative estimate of drug-likeness (QED) is 0.761. The third-order valence-electron chi connectivity index (χ3n) is 3.08. The summed E-state index contributed by atoms with van der Waals surface area (Å²) in [7, 11) is 0. The summed E-state index contributed by atoms with van der Waals surface area (Å²) < 4.78 is 1.75. The van der Waals surface area contributed by atoms with E-state index in [1.165, 1.54) is 31.5 Å². The highest BCUT2D eigenvalue weighted by Crippen LogP contribution is 2.32. The second kappa shape index (κ2) is 5.23. The van der Waals surface area contributed by atoms with Crippen molar-refractivity contribution in [3.8, 4) is 0 Å². The molecule has 0 spiro atoms. The Bertz CT molecular complexity index is 429. The molecule has 0 bridgehead atoms. The molecule has 1 fully saturated rings. The number of carboxylic acid groups (broad SMARTS) is 1. The molecule has 0 amide bonds. The number of tetrazole rings is 1. The molecule has 2 rings (SSSR count). The Hall–Kier alpha value is -1.15. The fourth-order valence-electron chi connectivity index (χ4n) is 1.93. The fraction of sp³-hybridized carbons (Fsp3) is 0.800. The predicted molar refractivity (Wildman–Crippen MR) is 64.3 cm³/mol. The second-order valence-electron chi connectivity index (χ2n) is 4.71. The van der Waals surface area contributed by atoms with Crippen molar-refractivity contribution in [3.63, 3.8) is 0 Å². The molecule has 1 aromatic heterocycles. The number of hydrogen-bond acceptors (Lipinski definition) is 6. The van der Waals surface area contributed by atoms with E-state index >= 15 is 0 Å². The molecule has 1 aliphatic rings. The van der Waals surface area contributed by atoms with Crippen molar-refractivity contribution < 1.29 is 15.0 Å². The van der Waals surface area contributed by atoms with Crippen LogP contribution in [0.4, 0.5) is 0 Å². The van der Waals surface area contributed by atoms with Crippen molar-refractivity contribution in [1.29, 1.82) is 0 Å². The molecule has 1 saturated carbocycles. The molecule has 18 heavy (non-hydrogen) atoms. The number of thioether (sulfide) groups is 1. The summed E-state index contributed by atoms with van der Waals surface area (Å²) in [4.78, 5) is 10.8. The van der Waals surface area contributed by atoms with E-state index in [1.807, 2.05) is 0 Å². The van der Waals surface area contributed by atoms with Crippen LogP contribution in [0.1, 0.15) is 38.6 Å². The lowest BCUT2D eigenvalue weighted by molar-refractivity contribution is -0.154. The van der Waals surface area contributed by atoms with Crippen molar-refractivity contribution in [2.24, 2.45) is 0 Å². The van der Waals surface area contributed by atoms with Crippen LogP contribution < -0.4 is 0 Å². The Morgan fingerprint density at radius 3 is 2.83 bits per heavy atom. The number of carboxylic acids is 1. The molecule has 2 N–H and O–H groups in total. The standard InChI is InChI=1S/C10H16N4O3S/c1-10(17,8(15)16)6-18-9-11-12-13-14(9)7-4-2-3-5-7/h7,17H,2-6H2,1H3,(H,15,16). The summed E-state index contributed by atoms with van der Waals surface area (Å²) in [5.74, 6) is -1.22. The van der Waals surface area contributed by atoms with E-state index in [2.05, 4.69) is 15.5 Å². The number of aliphatic carboxylic acids is 1. The van der Waals surface area contributed by atoms with Crippen molar-refractivity contribution >= 4 is 17.7 Å². The Kier molecular flexibility index (Phi) is 3.86. The molecule has 1 aliphatic carbocycles. The first kappa shape index (κ1) is 13.3. The molecule has 1 heterocycles. The number of aromatic nitrogens is 4. The summed E-state index contributed by atoms with van der Waals surface area (Å²) in [6, 6.07) is 0.303. The molecule has 1 atom stereocenters. The molecule has 7 nitrogen and oxygen atoms in total. The Morgan fingerprint density at radius 2 is 2.22 bits per heavy atom. The summed E-state index contributed by atoms with van der Waals surface area (Å²) in [5, 5.41) is 30.5. The zero-order valence-corrected chi connectivity index (χ0v) is 10.9. The first-order valence-corrected chi connectivity index (χ1v) is 6.86. The largest absolute Gasteiger partial charge is 0.479 e. The van der Waals surface area contributed by atoms with Gasteiger partial charge in [0.05, 0.1) is 6.04 Å². The number of hydrogen-bond donors (Lipinski definition) is 2. The Morgan fingerprint density at radius 1 is 1.56 bits per heavy atom. The van der Waals surface area contributed by atoms with Gasteiger partial charge in [-0.3, -0.25) is 0 Å². The lowest BCUT2D eigenvalue weighted by atomic mass is 10.1. The van der Waals surface area contributed by atoms with Gasteiger partial charge in [0, 0.05) is 5.75 Å². The summed E-state index contributed by atoms with van der Waals surface area (Å²) in [6.45, 7) is 1.27. The maximum atomic E-state index is 10.8. The minimum atomic E-state index is -1.77. The highest BCUT2D eigenvalue weighted by atomic mass is 32.2. The van der Waals surface area contributed by atoms with Crippen LogP contribution in [0.3, 0.4) is 0 Å². The van der Waals surface area contributed by atoms with Gasteiger partial charge in [-0.1, -0.05) is 24.6 Å². The van der Waals surface area contributed by atoms with E-state index in [-0.39, 0.29) is 5.75 Å². The van der Waals surface area contributed by atoms with Gasteiger partial charge in [-0.15, -0.1) is 5.10 Å². The average molecular weight is 272 g/mol. The molecule has 0 aliphatic heterocycles. The van der Waals surface area contributed by atoms with Gasteiger partial charge in [0.1, 0.15) is 0 Å². The maximum absolute atomic E-state index is 10.8. The van der Waals surface area contributed by atoms with Crippen LogP contribution in [0.25, 0.3) is 0 Å². The predicted octanol–water partition coefficient (Wildman–Crippen LogP) is 0.716. The summed E-state index contributed by atoms with van der Waals surface area (Å²) in [6.07, 6.45) is 4.44. The van der Waals surface area contributed by atoms with Gasteiger partial charge >= 0.3 is 5.97 Å². The van der Waals surface area contributed by atoms with Gasteiger partial charge in [-0.25, -0.2) is 9.48 Å². The third-order valence-corrected chi connectivity index (χ3v) is 4.31. The van der Waals surface area contributed by atoms with Crippen LogP contribution in [0.2, 0.25) is 0 Å². The minimum absolute atomic E-state index is 0.0232. The monoisotopic (exact) mass is 272 g/mol. The average Bonchev–Trinajstić information content (AvgIpc) is 2.96. The van der Waals surface area contributed by atoms with E-state index in [4.69, 9.17) is 5.11 Å². The number of carbonyl (C=O) groups is 1. The summed E-state index contributed by atoms with van der Waals surface area (Å²) >= 11 is 1.17. The molecule has 1 unspecified atom stereocenters. The van der Waals surface area contributed by atoms with Crippen LogP contribution in [0, 0.1) is 0 Å². The van der Waals surface area contributed by atoms with E-state index in [0.29, 0.717) is 11.2 Å². The lowest BCUT2D eigenvalue weighted by Gasteiger charge is -2.17. The van der Waals surface area contributed by atoms with E-state index in [0.717, 1.165) is 12.8 Å². The van der Waals surface area contributed by atoms with Crippen LogP contribution in [-0.2, 0) is 4.79 Å². The van der Waals surface area contributed by atoms with Crippen LogP contribution in [0.15, 0.2) is 5.16 Å². The molecule has 0 aromatic carbocycles. The minimum Gasteiger partial charge on any atom is -0.479 e. The molecular weight excluding hydrogens is 256 g/mol. The first-order chi connectivity index (χ1) is 8.50. The van der Waals surface area contributed by atoms with Gasteiger partial charge in [-0.2, -0.15) is 0 Å². The van der Waals surface area contributed by atoms with Gasteiger partial charge in [0.15, 0.2) is 5.60 Å². The van der Waals surface area contributed by atoms with Gasteiger partial charge in [0.25, 0.3) is 0 Å². The topological polar surface area (TPSA) is 101 Å². The number of nitrogens with zero attached hydrogens (tertiary/aromatic N) is 4. The molecule has 0 saturated heterocycles. The summed E-state index contributed by atoms with van der Waals surface area (Å²) in [5.41, 5.74) is -1.77. The lowest BCUT2D eigenvalue weighted by Crippen LogP contribution is -2.37. The molecule has 0 radical (unpaired) electrons. The maximum Gasteiger partial charge on any atom is 0.336 e. The van der Waals surface area contributed by atoms with Crippen LogP contribution in [0.5, 0.6) is 0 Å². The highest BCUT2D eigenvalue weighted by Gasteiger charge is 2.31. The van der Waals surface area contributed by atoms with Crippen molar-refractivity contribution in [3.05, 3.63) is 0 Å². The van der Waals surface area contributed by atoms with Gasteiger partial charge in [0.2, 0.25) is 5.16 Å². The number of aliphatic hydroxyl groups is 1. The highest BCUT2D eigenvalue weighted by molar-refractivity contribution is 7.99. The van der Waals surface area contributed by atoms with E-state index in [1.54, 1.807) is 4.68 Å². The SMILES string of the molecule is CC(O)(CSc1nnnn1C1CCCC1)C(=O)O. The van der Waals surface area contributed by atoms with E-state index in [9.17, 15) is 9.90 Å². The Labute approximate surface area is 109 Å². The smallest absolute Gasteiger partial charge is 0.336 e. The van der Waals surface area contributed by atoms with E-state index < -0.39 is 11.6 Å². The Balaban J connectivity index is 2.02. The van der Waals surface area contributed by atoms with Crippen LogP contribution >= 0.6 is 11.8 Å². The van der Waals surface area contributed by atoms with Gasteiger partial charge in [-0.05, 0) is 30.2 Å². The van der Waals surface area contributed by atoms with Crippen molar-refractivity contribution in [2.75, 3.05) is 5.75 Å². The second-order valence-corrected chi connectivity index (χ2v) is 5.65. The molecular formula is C10H16N4O3S. The molecule has 100 valence electrons. The zero-order chi connectivity index (χ0) is 13.2. The zero-order valence-electron chi connectivity index (χ0n) is 10.1. The fourth-order valence-corrected chi connectivity index (χ4v) is 2.87. The van der Waals surface area contributed by atoms with Crippen LogP contribution in [-0.4, -0.2) is 47.7 Å². The van der Waals surface area contributed by atoms with Crippen molar-refractivity contribution in [2.45, 2.75) is 49.4 Å². The molecule has 1 aromatic rings. The normalized spacial score (nSPS) is 19.9. The van der Waals surface area contributed by atoms with Crippen molar-refractivity contribution in [1.82, 2.24) is 20.2 Å². The molecule has 8 heteroatoms. The first-order valence-electron chi connectivity index (χ1n) is 5.87. The number of rotatable bonds is 5. The third kappa shape index (κ3) is 2.81. The van der Waals surface area contributed by atoms with Gasteiger partial charge < -0.3 is 10.2 Å².